The van der Waals surface area contributed by atoms with Crippen molar-refractivity contribution >= 4 is 33.1 Å². The van der Waals surface area contributed by atoms with Crippen molar-refractivity contribution < 1.29 is 0 Å². The highest BCUT2D eigenvalue weighted by atomic mass is 79.9. The minimum absolute atomic E-state index is 0.364. The SMILES string of the molecule is CC(Cc1ccsc1)Nc1cc(Br)nc(C2CC2)n1. The molecule has 0 spiro atoms. The monoisotopic (exact) mass is 337 g/mol. The Kier molecular flexibility index (Phi) is 3.84. The smallest absolute Gasteiger partial charge is 0.135 e. The zero-order valence-corrected chi connectivity index (χ0v) is 13.2. The molecule has 100 valence electrons. The van der Waals surface area contributed by atoms with Crippen LogP contribution in [0.5, 0.6) is 0 Å². The summed E-state index contributed by atoms with van der Waals surface area (Å²) in [5.74, 6) is 2.47. The van der Waals surface area contributed by atoms with E-state index < -0.39 is 0 Å². The Labute approximate surface area is 125 Å². The van der Waals surface area contributed by atoms with E-state index in [1.807, 2.05) is 6.07 Å². The Hall–Kier alpha value is -0.940. The molecule has 5 heteroatoms. The van der Waals surface area contributed by atoms with E-state index in [9.17, 15) is 0 Å². The maximum atomic E-state index is 4.62. The van der Waals surface area contributed by atoms with Gasteiger partial charge in [-0.1, -0.05) is 0 Å². The summed E-state index contributed by atoms with van der Waals surface area (Å²) in [4.78, 5) is 9.06. The summed E-state index contributed by atoms with van der Waals surface area (Å²) in [5.41, 5.74) is 1.38. The van der Waals surface area contributed by atoms with Crippen molar-refractivity contribution in [2.75, 3.05) is 5.32 Å². The van der Waals surface area contributed by atoms with Gasteiger partial charge < -0.3 is 5.32 Å². The topological polar surface area (TPSA) is 37.8 Å². The number of thiophene rings is 1. The summed E-state index contributed by atoms with van der Waals surface area (Å²) >= 11 is 5.21. The van der Waals surface area contributed by atoms with Crippen molar-refractivity contribution in [3.8, 4) is 0 Å². The van der Waals surface area contributed by atoms with E-state index in [4.69, 9.17) is 0 Å². The molecule has 1 atom stereocenters. The van der Waals surface area contributed by atoms with Crippen molar-refractivity contribution in [2.24, 2.45) is 0 Å². The molecule has 3 rings (SSSR count). The lowest BCUT2D eigenvalue weighted by molar-refractivity contribution is 0.780. The third-order valence-corrected chi connectivity index (χ3v) is 4.31. The zero-order valence-electron chi connectivity index (χ0n) is 10.8. The fraction of sp³-hybridized carbons (Fsp3) is 0.429. The summed E-state index contributed by atoms with van der Waals surface area (Å²) in [6.07, 6.45) is 3.46. The van der Waals surface area contributed by atoms with Gasteiger partial charge in [0.2, 0.25) is 0 Å². The van der Waals surface area contributed by atoms with Crippen molar-refractivity contribution in [3.05, 3.63) is 38.9 Å². The van der Waals surface area contributed by atoms with E-state index in [0.717, 1.165) is 22.7 Å². The van der Waals surface area contributed by atoms with Gasteiger partial charge in [0.15, 0.2) is 0 Å². The molecule has 2 heterocycles. The number of anilines is 1. The summed E-state index contributed by atoms with van der Waals surface area (Å²) in [6, 6.07) is 4.49. The fourth-order valence-corrected chi connectivity index (χ4v) is 3.18. The van der Waals surface area contributed by atoms with Crippen molar-refractivity contribution in [1.82, 2.24) is 9.97 Å². The molecule has 2 aromatic heterocycles. The van der Waals surface area contributed by atoms with E-state index in [1.54, 1.807) is 11.3 Å². The minimum atomic E-state index is 0.364. The average molecular weight is 338 g/mol. The van der Waals surface area contributed by atoms with Crippen LogP contribution in [0.3, 0.4) is 0 Å². The predicted octanol–water partition coefficient (Wildman–Crippen LogP) is 4.22. The molecule has 0 aromatic carbocycles. The summed E-state index contributed by atoms with van der Waals surface area (Å²) in [6.45, 7) is 2.18. The molecule has 19 heavy (non-hydrogen) atoms. The van der Waals surface area contributed by atoms with E-state index in [-0.39, 0.29) is 0 Å². The van der Waals surface area contributed by atoms with Crippen LogP contribution in [0.1, 0.15) is 37.1 Å². The molecule has 0 radical (unpaired) electrons. The second kappa shape index (κ2) is 5.59. The molecule has 1 aliphatic carbocycles. The van der Waals surface area contributed by atoms with Gasteiger partial charge in [0.25, 0.3) is 0 Å². The van der Waals surface area contributed by atoms with Crippen LogP contribution in [-0.4, -0.2) is 16.0 Å². The maximum Gasteiger partial charge on any atom is 0.135 e. The normalized spacial score (nSPS) is 16.3. The standard InChI is InChI=1S/C14H16BrN3S/c1-9(6-10-4-5-19-8-10)16-13-7-12(15)17-14(18-13)11-2-3-11/h4-5,7-9,11H,2-3,6H2,1H3,(H,16,17,18). The molecule has 0 saturated heterocycles. The Bertz CT molecular complexity index is 552. The second-order valence-corrected chi connectivity index (χ2v) is 6.68. The van der Waals surface area contributed by atoms with Gasteiger partial charge in [0.05, 0.1) is 0 Å². The minimum Gasteiger partial charge on any atom is -0.367 e. The lowest BCUT2D eigenvalue weighted by atomic mass is 10.1. The highest BCUT2D eigenvalue weighted by molar-refractivity contribution is 9.10. The Morgan fingerprint density at radius 2 is 2.32 bits per heavy atom. The van der Waals surface area contributed by atoms with Gasteiger partial charge in [-0.2, -0.15) is 11.3 Å². The molecule has 1 saturated carbocycles. The van der Waals surface area contributed by atoms with Crippen molar-refractivity contribution in [3.63, 3.8) is 0 Å². The molecular formula is C14H16BrN3S. The number of hydrogen-bond acceptors (Lipinski definition) is 4. The lowest BCUT2D eigenvalue weighted by Crippen LogP contribution is -2.19. The zero-order chi connectivity index (χ0) is 13.2. The van der Waals surface area contributed by atoms with Crippen LogP contribution in [0, 0.1) is 0 Å². The van der Waals surface area contributed by atoms with E-state index in [2.05, 4.69) is 55.0 Å². The molecular weight excluding hydrogens is 322 g/mol. The van der Waals surface area contributed by atoms with Crippen LogP contribution in [-0.2, 0) is 6.42 Å². The quantitative estimate of drug-likeness (QED) is 0.830. The fourth-order valence-electron chi connectivity index (χ4n) is 2.10. The molecule has 1 unspecified atom stereocenters. The Morgan fingerprint density at radius 1 is 1.47 bits per heavy atom. The number of hydrogen-bond donors (Lipinski definition) is 1. The first-order valence-electron chi connectivity index (χ1n) is 6.53. The third-order valence-electron chi connectivity index (χ3n) is 3.17. The average Bonchev–Trinajstić information content (AvgIpc) is 3.08. The number of rotatable bonds is 5. The van der Waals surface area contributed by atoms with E-state index in [0.29, 0.717) is 12.0 Å². The molecule has 2 aromatic rings. The third kappa shape index (κ3) is 3.54. The van der Waals surface area contributed by atoms with Gasteiger partial charge in [-0.25, -0.2) is 9.97 Å². The lowest BCUT2D eigenvalue weighted by Gasteiger charge is -2.14. The van der Waals surface area contributed by atoms with Gasteiger partial charge in [0.1, 0.15) is 16.2 Å². The highest BCUT2D eigenvalue weighted by Crippen LogP contribution is 2.38. The summed E-state index contributed by atoms with van der Waals surface area (Å²) in [5, 5.41) is 7.79. The first kappa shape index (κ1) is 13.1. The molecule has 0 amide bonds. The molecule has 0 aliphatic heterocycles. The van der Waals surface area contributed by atoms with Crippen LogP contribution < -0.4 is 5.32 Å². The van der Waals surface area contributed by atoms with E-state index in [1.165, 1.54) is 18.4 Å². The first-order valence-corrected chi connectivity index (χ1v) is 8.26. The number of nitrogens with one attached hydrogen (secondary N) is 1. The van der Waals surface area contributed by atoms with E-state index >= 15 is 0 Å². The molecule has 1 fully saturated rings. The van der Waals surface area contributed by atoms with Crippen molar-refractivity contribution in [2.45, 2.75) is 38.1 Å². The largest absolute Gasteiger partial charge is 0.367 e. The molecule has 1 aliphatic rings. The summed E-state index contributed by atoms with van der Waals surface area (Å²) in [7, 11) is 0. The van der Waals surface area contributed by atoms with Crippen LogP contribution in [0.25, 0.3) is 0 Å². The van der Waals surface area contributed by atoms with Crippen molar-refractivity contribution in [1.29, 1.82) is 0 Å². The second-order valence-electron chi connectivity index (χ2n) is 5.09. The number of halogens is 1. The van der Waals surface area contributed by atoms with Crippen LogP contribution in [0.2, 0.25) is 0 Å². The Morgan fingerprint density at radius 3 is 3.00 bits per heavy atom. The van der Waals surface area contributed by atoms with Gasteiger partial charge in [-0.05, 0) is 64.5 Å². The predicted molar refractivity (Wildman–Crippen MR) is 82.8 cm³/mol. The number of nitrogens with zero attached hydrogens (tertiary/aromatic N) is 2. The molecule has 3 nitrogen and oxygen atoms in total. The van der Waals surface area contributed by atoms with Crippen LogP contribution in [0.4, 0.5) is 5.82 Å². The van der Waals surface area contributed by atoms with Gasteiger partial charge in [-0.15, -0.1) is 0 Å². The number of aromatic nitrogens is 2. The highest BCUT2D eigenvalue weighted by Gasteiger charge is 2.27. The van der Waals surface area contributed by atoms with Crippen LogP contribution >= 0.6 is 27.3 Å². The van der Waals surface area contributed by atoms with Gasteiger partial charge in [-0.3, -0.25) is 0 Å². The summed E-state index contributed by atoms with van der Waals surface area (Å²) < 4.78 is 0.870. The first-order chi connectivity index (χ1) is 9.20. The van der Waals surface area contributed by atoms with Crippen LogP contribution in [0.15, 0.2) is 27.5 Å². The molecule has 1 N–H and O–H groups in total. The van der Waals surface area contributed by atoms with Gasteiger partial charge in [0, 0.05) is 18.0 Å². The maximum absolute atomic E-state index is 4.62. The Balaban J connectivity index is 1.68. The molecule has 0 bridgehead atoms. The van der Waals surface area contributed by atoms with Gasteiger partial charge >= 0.3 is 0 Å².